The van der Waals surface area contributed by atoms with E-state index in [-0.39, 0.29) is 12.1 Å². The summed E-state index contributed by atoms with van der Waals surface area (Å²) in [6.07, 6.45) is 5.61. The Morgan fingerprint density at radius 2 is 2.11 bits per heavy atom. The van der Waals surface area contributed by atoms with Crippen LogP contribution in [0.25, 0.3) is 5.57 Å². The summed E-state index contributed by atoms with van der Waals surface area (Å²) in [6.45, 7) is 3.56. The second kappa shape index (κ2) is 10.5. The maximum absolute atomic E-state index is 12.5. The molecule has 194 valence electrons. The zero-order chi connectivity index (χ0) is 25.9. The highest BCUT2D eigenvalue weighted by molar-refractivity contribution is 6.11. The molecular formula is C26H32N8O3. The van der Waals surface area contributed by atoms with Crippen molar-refractivity contribution in [1.29, 1.82) is 5.26 Å². The average Bonchev–Trinajstić information content (AvgIpc) is 3.33. The third-order valence-electron chi connectivity index (χ3n) is 7.20. The number of hydrogen-bond donors (Lipinski definition) is 2. The van der Waals surface area contributed by atoms with Gasteiger partial charge in [0.15, 0.2) is 5.82 Å². The number of nitriles is 1. The highest BCUT2D eigenvalue weighted by Gasteiger charge is 2.34. The van der Waals surface area contributed by atoms with Crippen LogP contribution in [0.4, 0.5) is 16.3 Å². The van der Waals surface area contributed by atoms with Gasteiger partial charge < -0.3 is 30.3 Å². The lowest BCUT2D eigenvalue weighted by atomic mass is 9.99. The van der Waals surface area contributed by atoms with Crippen molar-refractivity contribution >= 4 is 29.3 Å². The van der Waals surface area contributed by atoms with Gasteiger partial charge in [0, 0.05) is 75.1 Å². The summed E-state index contributed by atoms with van der Waals surface area (Å²) in [4.78, 5) is 20.5. The van der Waals surface area contributed by atoms with E-state index in [4.69, 9.17) is 20.3 Å². The molecule has 11 heteroatoms. The van der Waals surface area contributed by atoms with Gasteiger partial charge >= 0.3 is 6.03 Å². The third kappa shape index (κ3) is 4.49. The van der Waals surface area contributed by atoms with Crippen molar-refractivity contribution in [3.8, 4) is 11.8 Å². The second-order valence-electron chi connectivity index (χ2n) is 9.25. The molecule has 2 amide bonds. The van der Waals surface area contributed by atoms with Crippen molar-refractivity contribution in [2.45, 2.75) is 31.8 Å². The van der Waals surface area contributed by atoms with Crippen molar-refractivity contribution in [3.05, 3.63) is 40.7 Å². The number of anilines is 2. The molecular weight excluding hydrogens is 472 g/mol. The highest BCUT2D eigenvalue weighted by atomic mass is 16.5. The number of fused-ring (bicyclic) bond motifs is 2. The molecule has 1 aromatic heterocycles. The molecule has 0 aliphatic carbocycles. The molecule has 1 saturated heterocycles. The standard InChI is InChI=1S/C26H32N8O3/c1-29-15-18(14-28)20-12-24-23(11-17(20)13-27)33(7-10-37-24)25-21-16-32(26(35)30-2)6-3-22(21)34(31-25)19-4-8-36-9-5-19/h11-12,14-15,19H,3-10,16,28H2,1-2H3,(H,30,35). The quantitative estimate of drug-likeness (QED) is 0.611. The van der Waals surface area contributed by atoms with Gasteiger partial charge in [0.25, 0.3) is 0 Å². The topological polar surface area (TPSA) is 134 Å². The minimum atomic E-state index is -0.104. The first-order chi connectivity index (χ1) is 18.1. The smallest absolute Gasteiger partial charge is 0.317 e. The van der Waals surface area contributed by atoms with Gasteiger partial charge in [-0.3, -0.25) is 9.67 Å². The predicted octanol–water partition coefficient (Wildman–Crippen LogP) is 2.33. The molecule has 3 N–H and O–H groups in total. The number of hydrogen-bond acceptors (Lipinski definition) is 8. The highest BCUT2D eigenvalue weighted by Crippen LogP contribution is 2.43. The molecule has 0 bridgehead atoms. The molecule has 2 aromatic rings. The Kier molecular flexibility index (Phi) is 7.01. The number of nitrogens with one attached hydrogen (secondary N) is 1. The molecule has 0 unspecified atom stereocenters. The van der Waals surface area contributed by atoms with Gasteiger partial charge in [-0.05, 0) is 25.0 Å². The maximum atomic E-state index is 12.5. The minimum absolute atomic E-state index is 0.104. The number of ether oxygens (including phenoxy) is 2. The lowest BCUT2D eigenvalue weighted by molar-refractivity contribution is 0.0651. The first-order valence-corrected chi connectivity index (χ1v) is 12.6. The molecule has 1 aromatic carbocycles. The maximum Gasteiger partial charge on any atom is 0.317 e. The Labute approximate surface area is 216 Å². The number of nitrogens with zero attached hydrogens (tertiary/aromatic N) is 6. The molecule has 0 radical (unpaired) electrons. The van der Waals surface area contributed by atoms with E-state index in [1.165, 1.54) is 11.9 Å². The summed E-state index contributed by atoms with van der Waals surface area (Å²) in [5, 5.41) is 17.9. The van der Waals surface area contributed by atoms with E-state index in [0.717, 1.165) is 36.3 Å². The summed E-state index contributed by atoms with van der Waals surface area (Å²) in [7, 11) is 3.31. The fourth-order valence-corrected chi connectivity index (χ4v) is 5.36. The number of nitrogens with two attached hydrogens (primary N) is 1. The molecule has 5 rings (SSSR count). The lowest BCUT2D eigenvalue weighted by Crippen LogP contribution is -2.42. The van der Waals surface area contributed by atoms with E-state index < -0.39 is 0 Å². The van der Waals surface area contributed by atoms with Gasteiger partial charge in [-0.15, -0.1) is 0 Å². The van der Waals surface area contributed by atoms with Crippen LogP contribution in [0.5, 0.6) is 5.75 Å². The normalized spacial score (nSPS) is 18.2. The van der Waals surface area contributed by atoms with Crippen LogP contribution in [0.1, 0.15) is 41.3 Å². The van der Waals surface area contributed by atoms with Gasteiger partial charge in [0.1, 0.15) is 12.4 Å². The molecule has 11 nitrogen and oxygen atoms in total. The van der Waals surface area contributed by atoms with Crippen LogP contribution in [0, 0.1) is 11.3 Å². The van der Waals surface area contributed by atoms with Gasteiger partial charge in [-0.2, -0.15) is 10.4 Å². The van der Waals surface area contributed by atoms with Crippen molar-refractivity contribution < 1.29 is 14.3 Å². The van der Waals surface area contributed by atoms with Crippen LogP contribution in [0.2, 0.25) is 0 Å². The zero-order valence-electron chi connectivity index (χ0n) is 21.2. The monoisotopic (exact) mass is 504 g/mol. The first-order valence-electron chi connectivity index (χ1n) is 12.6. The Bertz CT molecular complexity index is 1290. The summed E-state index contributed by atoms with van der Waals surface area (Å²) < 4.78 is 13.8. The van der Waals surface area contributed by atoms with Crippen LogP contribution in [-0.4, -0.2) is 73.9 Å². The number of carbonyl (C=O) groups excluding carboxylic acids is 1. The van der Waals surface area contributed by atoms with Gasteiger partial charge in [-0.25, -0.2) is 4.79 Å². The molecule has 3 aliphatic rings. The number of aliphatic imine (C=N–C) groups is 1. The summed E-state index contributed by atoms with van der Waals surface area (Å²) >= 11 is 0. The second-order valence-corrected chi connectivity index (χ2v) is 9.25. The van der Waals surface area contributed by atoms with E-state index in [2.05, 4.69) is 26.0 Å². The zero-order valence-corrected chi connectivity index (χ0v) is 21.2. The van der Waals surface area contributed by atoms with E-state index >= 15 is 0 Å². The molecule has 1 fully saturated rings. The van der Waals surface area contributed by atoms with E-state index in [9.17, 15) is 10.1 Å². The van der Waals surface area contributed by atoms with Gasteiger partial charge in [0.05, 0.1) is 36.5 Å². The lowest BCUT2D eigenvalue weighted by Gasteiger charge is -2.33. The summed E-state index contributed by atoms with van der Waals surface area (Å²) in [5.74, 6) is 1.46. The molecule has 0 atom stereocenters. The number of allylic oxidation sites excluding steroid dienone is 1. The fraction of sp³-hybridized carbons (Fsp3) is 0.462. The van der Waals surface area contributed by atoms with Crippen LogP contribution in [0.3, 0.4) is 0 Å². The largest absolute Gasteiger partial charge is 0.490 e. The number of amides is 2. The summed E-state index contributed by atoms with van der Waals surface area (Å²) in [6, 6.07) is 6.13. The van der Waals surface area contributed by atoms with E-state index in [1.54, 1.807) is 20.3 Å². The molecule has 37 heavy (non-hydrogen) atoms. The van der Waals surface area contributed by atoms with Crippen LogP contribution < -0.4 is 20.7 Å². The van der Waals surface area contributed by atoms with Crippen molar-refractivity contribution in [3.63, 3.8) is 0 Å². The van der Waals surface area contributed by atoms with E-state index in [0.29, 0.717) is 61.9 Å². The van der Waals surface area contributed by atoms with E-state index in [1.807, 2.05) is 17.0 Å². The summed E-state index contributed by atoms with van der Waals surface area (Å²) in [5.41, 5.74) is 10.6. The van der Waals surface area contributed by atoms with Crippen LogP contribution in [0.15, 0.2) is 23.3 Å². The number of carbonyl (C=O) groups is 1. The number of benzene rings is 1. The number of aromatic nitrogens is 2. The molecule has 3 aliphatic heterocycles. The molecule has 0 saturated carbocycles. The molecule has 0 spiro atoms. The SMILES string of the molecule is CN=CC(=CN)c1cc2c(cc1C#N)N(c1nn(C3CCOCC3)c3c1CN(C(=O)NC)CC3)CCO2. The number of rotatable bonds is 4. The Morgan fingerprint density at radius 3 is 2.81 bits per heavy atom. The third-order valence-corrected chi connectivity index (χ3v) is 7.20. The van der Waals surface area contributed by atoms with Gasteiger partial charge in [-0.1, -0.05) is 0 Å². The minimum Gasteiger partial charge on any atom is -0.490 e. The van der Waals surface area contributed by atoms with Crippen LogP contribution in [-0.2, 0) is 17.7 Å². The van der Waals surface area contributed by atoms with Crippen molar-refractivity contribution in [2.24, 2.45) is 10.7 Å². The number of urea groups is 1. The average molecular weight is 505 g/mol. The Balaban J connectivity index is 1.62. The first kappa shape index (κ1) is 24.6. The van der Waals surface area contributed by atoms with Crippen LogP contribution >= 0.6 is 0 Å². The Morgan fingerprint density at radius 1 is 1.30 bits per heavy atom. The van der Waals surface area contributed by atoms with Crippen molar-refractivity contribution in [1.82, 2.24) is 20.0 Å². The van der Waals surface area contributed by atoms with Crippen molar-refractivity contribution in [2.75, 3.05) is 51.9 Å². The fourth-order valence-electron chi connectivity index (χ4n) is 5.36. The predicted molar refractivity (Wildman–Crippen MR) is 140 cm³/mol. The Hall–Kier alpha value is -4.04. The molecule has 4 heterocycles. The van der Waals surface area contributed by atoms with Gasteiger partial charge in [0.2, 0.25) is 0 Å².